The lowest BCUT2D eigenvalue weighted by atomic mass is 9.72. The molecule has 0 aromatic heterocycles. The first-order chi connectivity index (χ1) is 10.7. The molecule has 0 aliphatic carbocycles. The second-order valence-corrected chi connectivity index (χ2v) is 8.50. The van der Waals surface area contributed by atoms with Crippen molar-refractivity contribution in [1.29, 1.82) is 0 Å². The zero-order valence-corrected chi connectivity index (χ0v) is 15.6. The fourth-order valence-corrected chi connectivity index (χ4v) is 3.30. The molecular weight excluding hydrogens is 304 g/mol. The third-order valence-electron chi connectivity index (χ3n) is 3.93. The molecule has 0 aliphatic rings. The van der Waals surface area contributed by atoms with Gasteiger partial charge in [0, 0.05) is 5.02 Å². The molecule has 2 aromatic rings. The molecule has 0 atom stereocenters. The van der Waals surface area contributed by atoms with Crippen LogP contribution in [0, 0.1) is 5.41 Å². The third-order valence-corrected chi connectivity index (χ3v) is 4.18. The van der Waals surface area contributed by atoms with Gasteiger partial charge in [0.25, 0.3) is 0 Å². The van der Waals surface area contributed by atoms with Crippen LogP contribution < -0.4 is 4.74 Å². The highest BCUT2D eigenvalue weighted by Crippen LogP contribution is 2.36. The normalized spacial score (nSPS) is 12.3. The molecule has 0 heterocycles. The maximum atomic E-state index is 5.89. The van der Waals surface area contributed by atoms with Crippen LogP contribution in [0.2, 0.25) is 5.02 Å². The fraction of sp³-hybridized carbons (Fsp3) is 0.429. The lowest BCUT2D eigenvalue weighted by Gasteiger charge is -2.33. The minimum Gasteiger partial charge on any atom is -0.489 e. The van der Waals surface area contributed by atoms with E-state index in [-0.39, 0.29) is 5.41 Å². The van der Waals surface area contributed by atoms with E-state index in [1.54, 1.807) is 0 Å². The molecule has 0 saturated carbocycles. The molecule has 0 spiro atoms. The van der Waals surface area contributed by atoms with Gasteiger partial charge in [-0.05, 0) is 52.6 Å². The molecular formula is C21H27ClO. The lowest BCUT2D eigenvalue weighted by Crippen LogP contribution is -2.24. The van der Waals surface area contributed by atoms with Gasteiger partial charge in [0.15, 0.2) is 0 Å². The van der Waals surface area contributed by atoms with E-state index >= 15 is 0 Å². The van der Waals surface area contributed by atoms with Gasteiger partial charge in [0.05, 0.1) is 0 Å². The van der Waals surface area contributed by atoms with Crippen molar-refractivity contribution >= 4 is 11.6 Å². The Balaban J connectivity index is 2.00. The van der Waals surface area contributed by atoms with E-state index in [2.05, 4.69) is 58.9 Å². The Bertz CT molecular complexity index is 618. The van der Waals surface area contributed by atoms with Crippen LogP contribution >= 0.6 is 11.6 Å². The van der Waals surface area contributed by atoms with E-state index in [0.717, 1.165) is 22.8 Å². The van der Waals surface area contributed by atoms with Gasteiger partial charge in [-0.15, -0.1) is 0 Å². The van der Waals surface area contributed by atoms with Crippen molar-refractivity contribution in [2.45, 2.75) is 53.1 Å². The molecule has 0 fully saturated rings. The maximum Gasteiger partial charge on any atom is 0.119 e. The Labute approximate surface area is 145 Å². The number of rotatable bonds is 5. The van der Waals surface area contributed by atoms with E-state index in [4.69, 9.17) is 16.3 Å². The Kier molecular flexibility index (Phi) is 5.41. The van der Waals surface area contributed by atoms with Crippen LogP contribution in [0.4, 0.5) is 0 Å². The summed E-state index contributed by atoms with van der Waals surface area (Å²) < 4.78 is 5.86. The first-order valence-electron chi connectivity index (χ1n) is 8.14. The summed E-state index contributed by atoms with van der Waals surface area (Å²) in [6, 6.07) is 16.3. The maximum absolute atomic E-state index is 5.89. The second kappa shape index (κ2) is 6.97. The topological polar surface area (TPSA) is 9.23 Å². The summed E-state index contributed by atoms with van der Waals surface area (Å²) >= 11 is 5.89. The van der Waals surface area contributed by atoms with Gasteiger partial charge < -0.3 is 4.74 Å². The molecule has 0 bridgehead atoms. The fourth-order valence-electron chi connectivity index (χ4n) is 3.18. The largest absolute Gasteiger partial charge is 0.489 e. The van der Waals surface area contributed by atoms with Gasteiger partial charge >= 0.3 is 0 Å². The highest BCUT2D eigenvalue weighted by atomic mass is 35.5. The molecule has 1 nitrogen and oxygen atoms in total. The van der Waals surface area contributed by atoms with Crippen LogP contribution in [0.1, 0.15) is 52.2 Å². The Morgan fingerprint density at radius 1 is 0.826 bits per heavy atom. The van der Waals surface area contributed by atoms with Crippen LogP contribution in [0.15, 0.2) is 48.5 Å². The summed E-state index contributed by atoms with van der Waals surface area (Å²) in [6.07, 6.45) is 1.14. The van der Waals surface area contributed by atoms with Gasteiger partial charge in [-0.25, -0.2) is 0 Å². The van der Waals surface area contributed by atoms with Crippen molar-refractivity contribution in [1.82, 2.24) is 0 Å². The minimum atomic E-state index is 0.160. The van der Waals surface area contributed by atoms with E-state index in [1.165, 1.54) is 5.56 Å². The predicted molar refractivity (Wildman–Crippen MR) is 99.3 cm³/mol. The zero-order chi connectivity index (χ0) is 17.1. The SMILES string of the molecule is CC(C)(C)CC(C)(C)c1ccc(OCc2ccc(Cl)cc2)cc1. The van der Waals surface area contributed by atoms with E-state index < -0.39 is 0 Å². The molecule has 0 saturated heterocycles. The van der Waals surface area contributed by atoms with Crippen LogP contribution in [-0.4, -0.2) is 0 Å². The summed E-state index contributed by atoms with van der Waals surface area (Å²) in [7, 11) is 0. The molecule has 2 heteroatoms. The minimum absolute atomic E-state index is 0.160. The average Bonchev–Trinajstić information content (AvgIpc) is 2.45. The highest BCUT2D eigenvalue weighted by molar-refractivity contribution is 6.30. The molecule has 0 amide bonds. The van der Waals surface area contributed by atoms with E-state index in [1.807, 2.05) is 24.3 Å². The number of hydrogen-bond donors (Lipinski definition) is 0. The van der Waals surface area contributed by atoms with Gasteiger partial charge in [-0.2, -0.15) is 0 Å². The number of halogens is 1. The summed E-state index contributed by atoms with van der Waals surface area (Å²) in [5.74, 6) is 0.898. The molecule has 0 aliphatic heterocycles. The van der Waals surface area contributed by atoms with Crippen molar-refractivity contribution in [3.63, 3.8) is 0 Å². The highest BCUT2D eigenvalue weighted by Gasteiger charge is 2.27. The van der Waals surface area contributed by atoms with Gasteiger partial charge in [0.2, 0.25) is 0 Å². The standard InChI is InChI=1S/C21H27ClO/c1-20(2,3)15-21(4,5)17-8-12-19(13-9-17)23-14-16-6-10-18(22)11-7-16/h6-13H,14-15H2,1-5H3. The molecule has 0 radical (unpaired) electrons. The van der Waals surface area contributed by atoms with Crippen molar-refractivity contribution in [3.05, 3.63) is 64.7 Å². The molecule has 2 rings (SSSR count). The molecule has 0 unspecified atom stereocenters. The van der Waals surface area contributed by atoms with Crippen LogP contribution in [-0.2, 0) is 12.0 Å². The molecule has 0 N–H and O–H groups in total. The molecule has 2 aromatic carbocycles. The lowest BCUT2D eigenvalue weighted by molar-refractivity contribution is 0.283. The smallest absolute Gasteiger partial charge is 0.119 e. The summed E-state index contributed by atoms with van der Waals surface area (Å²) in [4.78, 5) is 0. The Morgan fingerprint density at radius 2 is 1.39 bits per heavy atom. The molecule has 23 heavy (non-hydrogen) atoms. The molecule has 124 valence electrons. The summed E-state index contributed by atoms with van der Waals surface area (Å²) in [5.41, 5.74) is 2.94. The number of ether oxygens (including phenoxy) is 1. The van der Waals surface area contributed by atoms with Crippen molar-refractivity contribution in [3.8, 4) is 5.75 Å². The van der Waals surface area contributed by atoms with Crippen molar-refractivity contribution < 1.29 is 4.74 Å². The average molecular weight is 331 g/mol. The monoisotopic (exact) mass is 330 g/mol. The quantitative estimate of drug-likeness (QED) is 0.597. The van der Waals surface area contributed by atoms with Crippen LogP contribution in [0.25, 0.3) is 0 Å². The third kappa shape index (κ3) is 5.58. The van der Waals surface area contributed by atoms with Gasteiger partial charge in [-0.1, -0.05) is 70.5 Å². The second-order valence-electron chi connectivity index (χ2n) is 8.06. The van der Waals surface area contributed by atoms with E-state index in [0.29, 0.717) is 12.0 Å². The van der Waals surface area contributed by atoms with Gasteiger partial charge in [-0.3, -0.25) is 0 Å². The van der Waals surface area contributed by atoms with E-state index in [9.17, 15) is 0 Å². The van der Waals surface area contributed by atoms with Gasteiger partial charge in [0.1, 0.15) is 12.4 Å². The number of hydrogen-bond acceptors (Lipinski definition) is 1. The van der Waals surface area contributed by atoms with Crippen LogP contribution in [0.5, 0.6) is 5.75 Å². The van der Waals surface area contributed by atoms with Crippen LogP contribution in [0.3, 0.4) is 0 Å². The first-order valence-corrected chi connectivity index (χ1v) is 8.51. The zero-order valence-electron chi connectivity index (χ0n) is 14.8. The summed E-state index contributed by atoms with van der Waals surface area (Å²) in [6.45, 7) is 12.0. The summed E-state index contributed by atoms with van der Waals surface area (Å²) in [5, 5.41) is 0.749. The number of benzene rings is 2. The van der Waals surface area contributed by atoms with Crippen molar-refractivity contribution in [2.75, 3.05) is 0 Å². The first kappa shape index (κ1) is 17.9. The Morgan fingerprint density at radius 3 is 1.91 bits per heavy atom. The predicted octanol–water partition coefficient (Wildman–Crippen LogP) is 6.63. The van der Waals surface area contributed by atoms with Crippen molar-refractivity contribution in [2.24, 2.45) is 5.41 Å². The Hall–Kier alpha value is -1.47.